The van der Waals surface area contributed by atoms with E-state index < -0.39 is 0 Å². The average Bonchev–Trinajstić information content (AvgIpc) is 2.85. The third-order valence-corrected chi connectivity index (χ3v) is 2.38. The van der Waals surface area contributed by atoms with Gasteiger partial charge in [0.25, 0.3) is 5.56 Å². The molecule has 3 aromatic heterocycles. The van der Waals surface area contributed by atoms with Crippen molar-refractivity contribution in [2.45, 2.75) is 0 Å². The summed E-state index contributed by atoms with van der Waals surface area (Å²) in [5, 5.41) is 8.32. The predicted molar refractivity (Wildman–Crippen MR) is 58.0 cm³/mol. The zero-order valence-electron chi connectivity index (χ0n) is 8.58. The third kappa shape index (κ3) is 1.23. The first-order valence-electron chi connectivity index (χ1n) is 4.81. The van der Waals surface area contributed by atoms with E-state index in [9.17, 15) is 4.79 Å². The smallest absolute Gasteiger partial charge is 0.275 e. The van der Waals surface area contributed by atoms with Crippen molar-refractivity contribution in [1.29, 1.82) is 0 Å². The molecule has 0 saturated heterocycles. The van der Waals surface area contributed by atoms with E-state index in [0.717, 1.165) is 5.56 Å². The largest absolute Gasteiger partial charge is 0.303 e. The number of hydrogen-bond donors (Lipinski definition) is 1. The first-order valence-corrected chi connectivity index (χ1v) is 4.81. The molecule has 0 aliphatic carbocycles. The molecular formula is C10H9N5O. The molecule has 0 atom stereocenters. The molecule has 0 unspecified atom stereocenters. The predicted octanol–water partition coefficient (Wildman–Crippen LogP) is 0.423. The Morgan fingerprint density at radius 3 is 3.06 bits per heavy atom. The van der Waals surface area contributed by atoms with Gasteiger partial charge < -0.3 is 4.98 Å². The molecule has 0 radical (unpaired) electrons. The lowest BCUT2D eigenvalue weighted by molar-refractivity contribution is 0.767. The minimum absolute atomic E-state index is 0.154. The van der Waals surface area contributed by atoms with Crippen LogP contribution in [0.25, 0.3) is 16.9 Å². The zero-order valence-corrected chi connectivity index (χ0v) is 8.58. The number of nitrogens with zero attached hydrogens (tertiary/aromatic N) is 4. The lowest BCUT2D eigenvalue weighted by Crippen LogP contribution is -2.12. The Bertz CT molecular complexity index is 705. The first kappa shape index (κ1) is 8.90. The number of aryl methyl sites for hydroxylation is 1. The summed E-state index contributed by atoms with van der Waals surface area (Å²) in [6.07, 6.45) is 5.20. The number of rotatable bonds is 1. The molecule has 0 amide bonds. The van der Waals surface area contributed by atoms with Crippen LogP contribution in [0.15, 0.2) is 35.5 Å². The molecule has 80 valence electrons. The van der Waals surface area contributed by atoms with Crippen LogP contribution in [0, 0.1) is 0 Å². The fourth-order valence-corrected chi connectivity index (χ4v) is 1.62. The molecule has 0 saturated carbocycles. The van der Waals surface area contributed by atoms with Gasteiger partial charge in [0.15, 0.2) is 5.82 Å². The van der Waals surface area contributed by atoms with Crippen molar-refractivity contribution in [3.8, 4) is 11.4 Å². The molecule has 0 spiro atoms. The van der Waals surface area contributed by atoms with Crippen molar-refractivity contribution in [1.82, 2.24) is 24.4 Å². The second kappa shape index (κ2) is 3.06. The fraction of sp³-hybridized carbons (Fsp3) is 0.100. The highest BCUT2D eigenvalue weighted by Crippen LogP contribution is 2.11. The summed E-state index contributed by atoms with van der Waals surface area (Å²) >= 11 is 0. The van der Waals surface area contributed by atoms with Crippen molar-refractivity contribution < 1.29 is 0 Å². The van der Waals surface area contributed by atoms with E-state index in [1.54, 1.807) is 39.9 Å². The molecule has 3 aromatic rings. The van der Waals surface area contributed by atoms with Crippen molar-refractivity contribution in [2.24, 2.45) is 7.05 Å². The number of fused-ring (bicyclic) bond motifs is 1. The van der Waals surface area contributed by atoms with Crippen molar-refractivity contribution in [3.63, 3.8) is 0 Å². The van der Waals surface area contributed by atoms with E-state index in [2.05, 4.69) is 15.2 Å². The summed E-state index contributed by atoms with van der Waals surface area (Å²) in [5.41, 5.74) is 1.17. The van der Waals surface area contributed by atoms with Gasteiger partial charge in [-0.1, -0.05) is 0 Å². The van der Waals surface area contributed by atoms with E-state index in [1.165, 1.54) is 0 Å². The Hall–Kier alpha value is -2.37. The van der Waals surface area contributed by atoms with Gasteiger partial charge in [-0.2, -0.15) is 5.10 Å². The molecule has 16 heavy (non-hydrogen) atoms. The van der Waals surface area contributed by atoms with E-state index in [4.69, 9.17) is 0 Å². The summed E-state index contributed by atoms with van der Waals surface area (Å²) in [4.78, 5) is 14.4. The Balaban J connectivity index is 2.28. The minimum atomic E-state index is -0.154. The topological polar surface area (TPSA) is 68.0 Å². The number of H-pyrrole nitrogens is 1. The van der Waals surface area contributed by atoms with Crippen LogP contribution in [0.1, 0.15) is 0 Å². The van der Waals surface area contributed by atoms with E-state index in [-0.39, 0.29) is 5.56 Å². The second-order valence-corrected chi connectivity index (χ2v) is 3.54. The summed E-state index contributed by atoms with van der Waals surface area (Å²) in [6, 6.07) is 3.50. The first-order chi connectivity index (χ1) is 7.74. The number of nitrogens with one attached hydrogen (secondary N) is 1. The van der Waals surface area contributed by atoms with Gasteiger partial charge in [0.1, 0.15) is 5.52 Å². The van der Waals surface area contributed by atoms with Gasteiger partial charge in [-0.3, -0.25) is 9.48 Å². The van der Waals surface area contributed by atoms with Crippen LogP contribution in [-0.2, 0) is 7.05 Å². The number of hydrogen-bond acceptors (Lipinski definition) is 3. The van der Waals surface area contributed by atoms with Crippen LogP contribution in [0.5, 0.6) is 0 Å². The zero-order chi connectivity index (χ0) is 11.1. The summed E-state index contributed by atoms with van der Waals surface area (Å²) in [6.45, 7) is 0. The molecule has 0 aliphatic heterocycles. The van der Waals surface area contributed by atoms with Crippen LogP contribution < -0.4 is 5.56 Å². The SMILES string of the molecule is Cn1cc(-c2nn3cccc3c(=O)[nH]2)cn1. The summed E-state index contributed by atoms with van der Waals surface area (Å²) < 4.78 is 3.22. The van der Waals surface area contributed by atoms with Crippen molar-refractivity contribution in [3.05, 3.63) is 41.1 Å². The standard InChI is InChI=1S/C10H9N5O/c1-14-6-7(5-11-14)9-12-10(16)8-3-2-4-15(8)13-9/h2-6H,1H3,(H,12,13,16). The number of aromatic nitrogens is 5. The Morgan fingerprint density at radius 1 is 1.44 bits per heavy atom. The third-order valence-electron chi connectivity index (χ3n) is 2.38. The Morgan fingerprint density at radius 2 is 2.31 bits per heavy atom. The maximum absolute atomic E-state index is 11.7. The molecule has 3 heterocycles. The van der Waals surface area contributed by atoms with E-state index in [0.29, 0.717) is 11.3 Å². The van der Waals surface area contributed by atoms with Gasteiger partial charge in [-0.15, -0.1) is 5.10 Å². The van der Waals surface area contributed by atoms with E-state index in [1.807, 2.05) is 7.05 Å². The Labute approximate surface area is 90.1 Å². The van der Waals surface area contributed by atoms with Crippen LogP contribution in [0.4, 0.5) is 0 Å². The Kier molecular flexibility index (Phi) is 1.70. The van der Waals surface area contributed by atoms with Crippen LogP contribution in [0.3, 0.4) is 0 Å². The minimum Gasteiger partial charge on any atom is -0.303 e. The van der Waals surface area contributed by atoms with Crippen LogP contribution >= 0.6 is 0 Å². The van der Waals surface area contributed by atoms with Gasteiger partial charge in [-0.05, 0) is 12.1 Å². The van der Waals surface area contributed by atoms with Crippen molar-refractivity contribution in [2.75, 3.05) is 0 Å². The normalized spacial score (nSPS) is 11.1. The maximum atomic E-state index is 11.7. The van der Waals surface area contributed by atoms with Gasteiger partial charge in [0, 0.05) is 19.4 Å². The fourth-order valence-electron chi connectivity index (χ4n) is 1.62. The molecule has 6 heteroatoms. The molecule has 6 nitrogen and oxygen atoms in total. The second-order valence-electron chi connectivity index (χ2n) is 3.54. The lowest BCUT2D eigenvalue weighted by atomic mass is 10.3. The molecule has 0 fully saturated rings. The summed E-state index contributed by atoms with van der Waals surface area (Å²) in [5.74, 6) is 0.516. The van der Waals surface area contributed by atoms with Gasteiger partial charge >= 0.3 is 0 Å². The molecular weight excluding hydrogens is 206 g/mol. The number of aromatic amines is 1. The molecule has 0 aliphatic rings. The summed E-state index contributed by atoms with van der Waals surface area (Å²) in [7, 11) is 1.82. The highest BCUT2D eigenvalue weighted by atomic mass is 16.1. The maximum Gasteiger partial charge on any atom is 0.275 e. The monoisotopic (exact) mass is 215 g/mol. The molecule has 3 rings (SSSR count). The molecule has 0 aromatic carbocycles. The lowest BCUT2D eigenvalue weighted by Gasteiger charge is -1.98. The quantitative estimate of drug-likeness (QED) is 0.639. The van der Waals surface area contributed by atoms with Gasteiger partial charge in [0.05, 0.1) is 11.8 Å². The molecule has 1 N–H and O–H groups in total. The van der Waals surface area contributed by atoms with Crippen molar-refractivity contribution >= 4 is 5.52 Å². The highest BCUT2D eigenvalue weighted by Gasteiger charge is 2.06. The van der Waals surface area contributed by atoms with E-state index >= 15 is 0 Å². The average molecular weight is 215 g/mol. The van der Waals surface area contributed by atoms with Gasteiger partial charge in [0.2, 0.25) is 0 Å². The highest BCUT2D eigenvalue weighted by molar-refractivity contribution is 5.54. The van der Waals surface area contributed by atoms with Crippen LogP contribution in [0.2, 0.25) is 0 Å². The molecule has 0 bridgehead atoms. The van der Waals surface area contributed by atoms with Crippen LogP contribution in [-0.4, -0.2) is 24.4 Å². The van der Waals surface area contributed by atoms with Gasteiger partial charge in [-0.25, -0.2) is 4.52 Å².